The van der Waals surface area contributed by atoms with E-state index in [-0.39, 0.29) is 23.7 Å². The van der Waals surface area contributed by atoms with Crippen molar-refractivity contribution in [3.05, 3.63) is 23.0 Å². The number of aryl methyl sites for hydroxylation is 1. The fourth-order valence-electron chi connectivity index (χ4n) is 6.27. The number of amides is 1. The quantitative estimate of drug-likeness (QED) is 0.588. The summed E-state index contributed by atoms with van der Waals surface area (Å²) in [5, 5.41) is 2.90. The van der Waals surface area contributed by atoms with Gasteiger partial charge in [-0.25, -0.2) is 4.79 Å². The van der Waals surface area contributed by atoms with E-state index < -0.39 is 12.0 Å². The van der Waals surface area contributed by atoms with E-state index in [9.17, 15) is 14.4 Å². The zero-order chi connectivity index (χ0) is 20.9. The Bertz CT molecular complexity index is 818. The van der Waals surface area contributed by atoms with Crippen LogP contribution in [0.15, 0.2) is 6.07 Å². The van der Waals surface area contributed by atoms with Gasteiger partial charge in [0.2, 0.25) is 11.7 Å². The number of ether oxygens (including phenoxy) is 1. The van der Waals surface area contributed by atoms with E-state index in [1.54, 1.807) is 6.92 Å². The number of carbonyl (C=O) groups excluding carboxylic acids is 3. The molecule has 6 nitrogen and oxygen atoms in total. The van der Waals surface area contributed by atoms with E-state index in [1.165, 1.54) is 19.3 Å². The molecule has 0 aliphatic heterocycles. The van der Waals surface area contributed by atoms with Gasteiger partial charge in [-0.15, -0.1) is 0 Å². The van der Waals surface area contributed by atoms with Gasteiger partial charge in [0.25, 0.3) is 0 Å². The van der Waals surface area contributed by atoms with Crippen molar-refractivity contribution in [2.24, 2.45) is 30.2 Å². The average Bonchev–Trinajstić information content (AvgIpc) is 2.92. The molecule has 29 heavy (non-hydrogen) atoms. The minimum absolute atomic E-state index is 0.00176. The zero-order valence-electron chi connectivity index (χ0n) is 17.9. The molecule has 6 heteroatoms. The third kappa shape index (κ3) is 3.62. The number of nitrogens with zero attached hydrogens (tertiary/aromatic N) is 1. The standard InChI is InChI=1S/C23H32N2O4/c1-13-5-19(15(3)25(13)4)20(26)12-29-21(27)14(2)24-22(28)23-9-16-6-17(10-23)8-18(7-16)11-23/h5,14,16-18H,6-12H2,1-4H3,(H,24,28)/t14-,16?,17?,18?,23?/m0/s1. The zero-order valence-corrected chi connectivity index (χ0v) is 17.9. The highest BCUT2D eigenvalue weighted by atomic mass is 16.5. The second-order valence-electron chi connectivity index (χ2n) is 9.77. The molecule has 158 valence electrons. The van der Waals surface area contributed by atoms with E-state index in [4.69, 9.17) is 4.74 Å². The minimum Gasteiger partial charge on any atom is -0.456 e. The summed E-state index contributed by atoms with van der Waals surface area (Å²) in [7, 11) is 1.90. The van der Waals surface area contributed by atoms with Gasteiger partial charge >= 0.3 is 5.97 Å². The van der Waals surface area contributed by atoms with Crippen LogP contribution in [-0.2, 0) is 21.4 Å². The van der Waals surface area contributed by atoms with Gasteiger partial charge in [-0.1, -0.05) is 0 Å². The Balaban J connectivity index is 1.32. The molecule has 4 fully saturated rings. The summed E-state index contributed by atoms with van der Waals surface area (Å²) < 4.78 is 7.17. The Morgan fingerprint density at radius 2 is 1.69 bits per heavy atom. The molecule has 1 aromatic rings. The van der Waals surface area contributed by atoms with E-state index >= 15 is 0 Å². The second kappa shape index (κ2) is 7.29. The Kier molecular flexibility index (Phi) is 5.07. The first-order chi connectivity index (χ1) is 13.7. The van der Waals surface area contributed by atoms with Crippen molar-refractivity contribution in [1.82, 2.24) is 9.88 Å². The molecule has 0 saturated heterocycles. The molecule has 0 aromatic carbocycles. The number of hydrogen-bond donors (Lipinski definition) is 1. The van der Waals surface area contributed by atoms with Gasteiger partial charge < -0.3 is 14.6 Å². The summed E-state index contributed by atoms with van der Waals surface area (Å²) in [5.41, 5.74) is 2.11. The summed E-state index contributed by atoms with van der Waals surface area (Å²) in [6, 6.07) is 1.06. The van der Waals surface area contributed by atoms with Crippen molar-refractivity contribution in [2.45, 2.75) is 65.3 Å². The number of esters is 1. The van der Waals surface area contributed by atoms with Gasteiger partial charge in [-0.3, -0.25) is 9.59 Å². The van der Waals surface area contributed by atoms with Gasteiger partial charge in [0.05, 0.1) is 0 Å². The molecule has 0 spiro atoms. The monoisotopic (exact) mass is 400 g/mol. The van der Waals surface area contributed by atoms with Gasteiger partial charge in [0, 0.05) is 29.4 Å². The van der Waals surface area contributed by atoms with Crippen LogP contribution in [0, 0.1) is 37.0 Å². The molecule has 4 aliphatic rings. The lowest BCUT2D eigenvalue weighted by Crippen LogP contribution is -2.56. The number of ketones is 1. The fraction of sp³-hybridized carbons (Fsp3) is 0.696. The van der Waals surface area contributed by atoms with E-state index in [0.717, 1.165) is 30.7 Å². The van der Waals surface area contributed by atoms with E-state index in [2.05, 4.69) is 5.32 Å². The third-order valence-corrected chi connectivity index (χ3v) is 7.64. The molecule has 4 saturated carbocycles. The molecule has 0 radical (unpaired) electrons. The van der Waals surface area contributed by atoms with Crippen molar-refractivity contribution in [1.29, 1.82) is 0 Å². The molecule has 1 N–H and O–H groups in total. The lowest BCUT2D eigenvalue weighted by molar-refractivity contribution is -0.153. The van der Waals surface area contributed by atoms with Crippen molar-refractivity contribution in [2.75, 3.05) is 6.61 Å². The first-order valence-corrected chi connectivity index (χ1v) is 10.8. The first kappa shape index (κ1) is 20.2. The van der Waals surface area contributed by atoms with Gasteiger partial charge in [-0.2, -0.15) is 0 Å². The molecule has 5 rings (SSSR count). The Labute approximate surface area is 172 Å². The Morgan fingerprint density at radius 1 is 1.14 bits per heavy atom. The second-order valence-corrected chi connectivity index (χ2v) is 9.77. The molecule has 4 aliphatic carbocycles. The summed E-state index contributed by atoms with van der Waals surface area (Å²) in [6.07, 6.45) is 6.67. The number of Topliss-reactive ketones (excluding diaryl/α,β-unsaturated/α-hetero) is 1. The highest BCUT2D eigenvalue weighted by Gasteiger charge is 2.54. The molecule has 4 bridgehead atoms. The van der Waals surface area contributed by atoms with Gasteiger partial charge in [0.1, 0.15) is 6.04 Å². The topological polar surface area (TPSA) is 77.4 Å². The highest BCUT2D eigenvalue weighted by molar-refractivity contribution is 5.99. The molecular weight excluding hydrogens is 368 g/mol. The van der Waals surface area contributed by atoms with Crippen LogP contribution in [0.4, 0.5) is 0 Å². The SMILES string of the molecule is Cc1cc(C(=O)COC(=O)[C@H](C)NC(=O)C23CC4CC(CC(C4)C2)C3)c(C)n1C. The minimum atomic E-state index is -0.748. The summed E-state index contributed by atoms with van der Waals surface area (Å²) in [5.74, 6) is 1.24. The third-order valence-electron chi connectivity index (χ3n) is 7.64. The van der Waals surface area contributed by atoms with Crippen LogP contribution < -0.4 is 5.32 Å². The molecular formula is C23H32N2O4. The summed E-state index contributed by atoms with van der Waals surface area (Å²) >= 11 is 0. The van der Waals surface area contributed by atoms with Gasteiger partial charge in [0.15, 0.2) is 6.61 Å². The molecule has 0 unspecified atom stereocenters. The maximum atomic E-state index is 13.1. The van der Waals surface area contributed by atoms with Crippen LogP contribution in [0.5, 0.6) is 0 Å². The van der Waals surface area contributed by atoms with Crippen molar-refractivity contribution < 1.29 is 19.1 Å². The fourth-order valence-corrected chi connectivity index (χ4v) is 6.27. The summed E-state index contributed by atoms with van der Waals surface area (Å²) in [6.45, 7) is 5.14. The van der Waals surface area contributed by atoms with Crippen LogP contribution in [0.1, 0.15) is 67.2 Å². The van der Waals surface area contributed by atoms with Gasteiger partial charge in [-0.05, 0) is 83.1 Å². The summed E-state index contributed by atoms with van der Waals surface area (Å²) in [4.78, 5) is 37.9. The van der Waals surface area contributed by atoms with Crippen LogP contribution in [0.2, 0.25) is 0 Å². The molecule has 1 aromatic heterocycles. The lowest BCUT2D eigenvalue weighted by Gasteiger charge is -2.55. The Hall–Kier alpha value is -2.11. The number of hydrogen-bond acceptors (Lipinski definition) is 4. The maximum absolute atomic E-state index is 13.1. The van der Waals surface area contributed by atoms with E-state index in [0.29, 0.717) is 23.3 Å². The molecule has 1 atom stereocenters. The van der Waals surface area contributed by atoms with Crippen LogP contribution in [0.25, 0.3) is 0 Å². The van der Waals surface area contributed by atoms with Crippen molar-refractivity contribution in [3.8, 4) is 0 Å². The Morgan fingerprint density at radius 3 is 2.17 bits per heavy atom. The smallest absolute Gasteiger partial charge is 0.328 e. The van der Waals surface area contributed by atoms with Crippen LogP contribution in [0.3, 0.4) is 0 Å². The van der Waals surface area contributed by atoms with Crippen LogP contribution >= 0.6 is 0 Å². The number of aromatic nitrogens is 1. The number of nitrogens with one attached hydrogen (secondary N) is 1. The van der Waals surface area contributed by atoms with Crippen LogP contribution in [-0.4, -0.2) is 34.9 Å². The van der Waals surface area contributed by atoms with E-state index in [1.807, 2.05) is 31.5 Å². The normalized spacial score (nSPS) is 30.8. The first-order valence-electron chi connectivity index (χ1n) is 10.8. The largest absolute Gasteiger partial charge is 0.456 e. The highest BCUT2D eigenvalue weighted by Crippen LogP contribution is 2.60. The number of carbonyl (C=O) groups is 3. The lowest BCUT2D eigenvalue weighted by atomic mass is 9.49. The average molecular weight is 401 g/mol. The van der Waals surface area contributed by atoms with Crippen molar-refractivity contribution in [3.63, 3.8) is 0 Å². The molecule has 1 amide bonds. The maximum Gasteiger partial charge on any atom is 0.328 e. The van der Waals surface area contributed by atoms with Crippen molar-refractivity contribution >= 4 is 17.7 Å². The predicted octanol–water partition coefficient (Wildman–Crippen LogP) is 3.09. The molecule has 1 heterocycles. The predicted molar refractivity (Wildman–Crippen MR) is 108 cm³/mol. The number of rotatable bonds is 6.